The van der Waals surface area contributed by atoms with Gasteiger partial charge in [0.2, 0.25) is 0 Å². The lowest BCUT2D eigenvalue weighted by molar-refractivity contribution is 0.545. The molecule has 1 atom stereocenters. The Labute approximate surface area is 119 Å². The maximum Gasteiger partial charge on any atom is 0.123 e. The monoisotopic (exact) mass is 326 g/mol. The van der Waals surface area contributed by atoms with Crippen molar-refractivity contribution >= 4 is 15.9 Å². The van der Waals surface area contributed by atoms with E-state index in [1.165, 1.54) is 12.1 Å². The van der Waals surface area contributed by atoms with Gasteiger partial charge in [0.15, 0.2) is 0 Å². The Morgan fingerprint density at radius 2 is 2.26 bits per heavy atom. The van der Waals surface area contributed by atoms with Crippen LogP contribution in [0.3, 0.4) is 0 Å². The maximum absolute atomic E-state index is 13.3. The normalized spacial score (nSPS) is 12.7. The van der Waals surface area contributed by atoms with Crippen molar-refractivity contribution in [2.75, 3.05) is 0 Å². The highest BCUT2D eigenvalue weighted by Gasteiger charge is 2.17. The minimum absolute atomic E-state index is 0.105. The average Bonchev–Trinajstić information content (AvgIpc) is 2.69. The van der Waals surface area contributed by atoms with Gasteiger partial charge in [-0.15, -0.1) is 0 Å². The second kappa shape index (κ2) is 5.81. The molecule has 0 saturated heterocycles. The molecule has 0 bridgehead atoms. The fraction of sp³-hybridized carbons (Fsp3) is 0.308. The second-order valence-corrected chi connectivity index (χ2v) is 5.36. The molecule has 0 aliphatic carbocycles. The molecule has 0 radical (unpaired) electrons. The summed E-state index contributed by atoms with van der Waals surface area (Å²) in [7, 11) is 1.86. The molecule has 6 heteroatoms. The third-order valence-electron chi connectivity index (χ3n) is 3.06. The zero-order valence-electron chi connectivity index (χ0n) is 10.8. The van der Waals surface area contributed by atoms with Gasteiger partial charge in [-0.3, -0.25) is 16.0 Å². The summed E-state index contributed by atoms with van der Waals surface area (Å²) < 4.78 is 15.9. The number of nitrogens with zero attached hydrogens (tertiary/aromatic N) is 2. The van der Waals surface area contributed by atoms with E-state index < -0.39 is 0 Å². The number of nitrogens with two attached hydrogens (primary N) is 1. The van der Waals surface area contributed by atoms with E-state index in [0.29, 0.717) is 6.42 Å². The summed E-state index contributed by atoms with van der Waals surface area (Å²) in [5.74, 6) is 5.37. The van der Waals surface area contributed by atoms with Gasteiger partial charge in [0.05, 0.1) is 11.7 Å². The Bertz CT molecular complexity index is 582. The van der Waals surface area contributed by atoms with E-state index in [2.05, 4.69) is 26.5 Å². The predicted octanol–water partition coefficient (Wildman–Crippen LogP) is 2.38. The van der Waals surface area contributed by atoms with Crippen molar-refractivity contribution in [2.24, 2.45) is 12.9 Å². The number of rotatable bonds is 4. The molecule has 0 aliphatic heterocycles. The summed E-state index contributed by atoms with van der Waals surface area (Å²) in [6, 6.07) is 4.54. The lowest BCUT2D eigenvalue weighted by atomic mass is 10.00. The van der Waals surface area contributed by atoms with Gasteiger partial charge in [0.25, 0.3) is 0 Å². The summed E-state index contributed by atoms with van der Waals surface area (Å²) in [4.78, 5) is 0. The van der Waals surface area contributed by atoms with Crippen LogP contribution in [-0.2, 0) is 13.5 Å². The Kier molecular flexibility index (Phi) is 4.34. The largest absolute Gasteiger partial charge is 0.275 e. The van der Waals surface area contributed by atoms with E-state index in [9.17, 15) is 4.39 Å². The molecule has 4 nitrogen and oxygen atoms in total. The van der Waals surface area contributed by atoms with E-state index in [0.717, 1.165) is 21.3 Å². The molecule has 1 aromatic heterocycles. The molecule has 0 amide bonds. The van der Waals surface area contributed by atoms with Crippen molar-refractivity contribution in [3.05, 3.63) is 51.5 Å². The highest BCUT2D eigenvalue weighted by Crippen LogP contribution is 2.25. The Morgan fingerprint density at radius 3 is 2.84 bits per heavy atom. The van der Waals surface area contributed by atoms with Crippen LogP contribution >= 0.6 is 15.9 Å². The number of hydrogen-bond donors (Lipinski definition) is 2. The molecule has 2 aromatic rings. The van der Waals surface area contributed by atoms with Gasteiger partial charge >= 0.3 is 0 Å². The summed E-state index contributed by atoms with van der Waals surface area (Å²) in [6.07, 6.45) is 2.51. The fourth-order valence-electron chi connectivity index (χ4n) is 2.14. The molecule has 1 heterocycles. The highest BCUT2D eigenvalue weighted by molar-refractivity contribution is 9.10. The number of aryl methyl sites for hydroxylation is 2. The first-order valence-electron chi connectivity index (χ1n) is 5.91. The standard InChI is InChI=1S/C13H16BrFN4/c1-8-11(7-19(2)18-8)13(17-16)6-9-5-10(15)3-4-12(9)14/h3-5,7,13,17H,6,16H2,1-2H3. The molecular formula is C13H16BrFN4. The van der Waals surface area contributed by atoms with Crippen LogP contribution in [0.2, 0.25) is 0 Å². The molecule has 3 N–H and O–H groups in total. The smallest absolute Gasteiger partial charge is 0.123 e. The van der Waals surface area contributed by atoms with Crippen molar-refractivity contribution in [2.45, 2.75) is 19.4 Å². The third kappa shape index (κ3) is 3.20. The van der Waals surface area contributed by atoms with Crippen molar-refractivity contribution in [3.8, 4) is 0 Å². The van der Waals surface area contributed by atoms with Crippen LogP contribution in [0.25, 0.3) is 0 Å². The van der Waals surface area contributed by atoms with Crippen LogP contribution in [0.15, 0.2) is 28.9 Å². The molecule has 19 heavy (non-hydrogen) atoms. The quantitative estimate of drug-likeness (QED) is 0.670. The van der Waals surface area contributed by atoms with Crippen molar-refractivity contribution in [1.29, 1.82) is 0 Å². The summed E-state index contributed by atoms with van der Waals surface area (Å²) in [6.45, 7) is 1.93. The van der Waals surface area contributed by atoms with Gasteiger partial charge < -0.3 is 0 Å². The molecule has 102 valence electrons. The minimum Gasteiger partial charge on any atom is -0.275 e. The zero-order valence-corrected chi connectivity index (χ0v) is 12.4. The van der Waals surface area contributed by atoms with Crippen LogP contribution in [0.1, 0.15) is 22.9 Å². The van der Waals surface area contributed by atoms with Crippen LogP contribution in [-0.4, -0.2) is 9.78 Å². The number of aromatic nitrogens is 2. The minimum atomic E-state index is -0.253. The first-order chi connectivity index (χ1) is 9.01. The van der Waals surface area contributed by atoms with Gasteiger partial charge in [-0.2, -0.15) is 5.10 Å². The topological polar surface area (TPSA) is 55.9 Å². The first kappa shape index (κ1) is 14.2. The summed E-state index contributed by atoms with van der Waals surface area (Å²) in [5, 5.41) is 4.30. The molecular weight excluding hydrogens is 311 g/mol. The van der Waals surface area contributed by atoms with Gasteiger partial charge in [-0.1, -0.05) is 15.9 Å². The molecule has 1 aromatic carbocycles. The molecule has 2 rings (SSSR count). The van der Waals surface area contributed by atoms with E-state index in [-0.39, 0.29) is 11.9 Å². The molecule has 0 saturated carbocycles. The van der Waals surface area contributed by atoms with Gasteiger partial charge in [-0.25, -0.2) is 4.39 Å². The molecule has 1 unspecified atom stereocenters. The zero-order chi connectivity index (χ0) is 14.0. The average molecular weight is 327 g/mol. The van der Waals surface area contributed by atoms with Gasteiger partial charge in [0, 0.05) is 23.3 Å². The van der Waals surface area contributed by atoms with Gasteiger partial charge in [0.1, 0.15) is 5.82 Å². The number of hydrogen-bond acceptors (Lipinski definition) is 3. The lowest BCUT2D eigenvalue weighted by Crippen LogP contribution is -2.30. The maximum atomic E-state index is 13.3. The first-order valence-corrected chi connectivity index (χ1v) is 6.70. The van der Waals surface area contributed by atoms with Crippen LogP contribution in [0.5, 0.6) is 0 Å². The Morgan fingerprint density at radius 1 is 1.53 bits per heavy atom. The van der Waals surface area contributed by atoms with Crippen molar-refractivity contribution in [3.63, 3.8) is 0 Å². The predicted molar refractivity (Wildman–Crippen MR) is 75.8 cm³/mol. The fourth-order valence-corrected chi connectivity index (χ4v) is 2.55. The molecule has 0 aliphatic rings. The van der Waals surface area contributed by atoms with E-state index in [1.54, 1.807) is 10.7 Å². The summed E-state index contributed by atoms with van der Waals surface area (Å²) in [5.41, 5.74) is 5.57. The van der Waals surface area contributed by atoms with Crippen LogP contribution < -0.4 is 11.3 Å². The SMILES string of the molecule is Cc1nn(C)cc1C(Cc1cc(F)ccc1Br)NN. The third-order valence-corrected chi connectivity index (χ3v) is 3.83. The highest BCUT2D eigenvalue weighted by atomic mass is 79.9. The second-order valence-electron chi connectivity index (χ2n) is 4.50. The van der Waals surface area contributed by atoms with Crippen LogP contribution in [0.4, 0.5) is 4.39 Å². The van der Waals surface area contributed by atoms with Crippen LogP contribution in [0, 0.1) is 12.7 Å². The van der Waals surface area contributed by atoms with Crippen molar-refractivity contribution in [1.82, 2.24) is 15.2 Å². The Hall–Kier alpha value is -1.24. The van der Waals surface area contributed by atoms with E-state index in [4.69, 9.17) is 5.84 Å². The molecule has 0 fully saturated rings. The Balaban J connectivity index is 2.29. The summed E-state index contributed by atoms with van der Waals surface area (Å²) >= 11 is 3.43. The van der Waals surface area contributed by atoms with E-state index >= 15 is 0 Å². The number of hydrazine groups is 1. The molecule has 0 spiro atoms. The van der Waals surface area contributed by atoms with Gasteiger partial charge in [-0.05, 0) is 37.1 Å². The van der Waals surface area contributed by atoms with Crippen molar-refractivity contribution < 1.29 is 4.39 Å². The van der Waals surface area contributed by atoms with E-state index in [1.807, 2.05) is 20.2 Å². The number of benzene rings is 1. The lowest BCUT2D eigenvalue weighted by Gasteiger charge is -2.16. The number of halogens is 2. The number of nitrogens with one attached hydrogen (secondary N) is 1.